The highest BCUT2D eigenvalue weighted by Gasteiger charge is 2.28. The molecule has 0 saturated heterocycles. The largest absolute Gasteiger partial charge is 0.496 e. The summed E-state index contributed by atoms with van der Waals surface area (Å²) in [6, 6.07) is 9.27. The van der Waals surface area contributed by atoms with Crippen molar-refractivity contribution in [2.45, 2.75) is 6.54 Å². The number of aromatic nitrogens is 1. The highest BCUT2D eigenvalue weighted by molar-refractivity contribution is 6.04. The smallest absolute Gasteiger partial charge is 0.256 e. The van der Waals surface area contributed by atoms with Gasteiger partial charge in [0.15, 0.2) is 0 Å². The van der Waals surface area contributed by atoms with E-state index in [2.05, 4.69) is 10.3 Å². The Kier molecular flexibility index (Phi) is 3.19. The number of hydrogen-bond donors (Lipinski definition) is 1. The fraction of sp³-hybridized carbons (Fsp3) is 0.111. The van der Waals surface area contributed by atoms with Gasteiger partial charge in [0, 0.05) is 10.9 Å². The molecule has 0 aliphatic carbocycles. The van der Waals surface area contributed by atoms with E-state index in [0.29, 0.717) is 22.5 Å². The van der Waals surface area contributed by atoms with Crippen LogP contribution in [0.4, 0.5) is 8.78 Å². The second-order valence-corrected chi connectivity index (χ2v) is 5.45. The molecule has 3 aromatic rings. The van der Waals surface area contributed by atoms with Gasteiger partial charge in [-0.15, -0.1) is 0 Å². The molecule has 120 valence electrons. The lowest BCUT2D eigenvalue weighted by Crippen LogP contribution is -2.13. The van der Waals surface area contributed by atoms with Crippen LogP contribution in [0.25, 0.3) is 22.0 Å². The SMILES string of the molecule is COc1cccc(F)c1-c1cccc2c(F)c3c(nc12)CNC3=O. The van der Waals surface area contributed by atoms with Gasteiger partial charge in [0.1, 0.15) is 17.4 Å². The van der Waals surface area contributed by atoms with E-state index in [4.69, 9.17) is 4.74 Å². The van der Waals surface area contributed by atoms with Gasteiger partial charge in [-0.3, -0.25) is 4.79 Å². The second-order valence-electron chi connectivity index (χ2n) is 5.45. The Morgan fingerprint density at radius 1 is 1.12 bits per heavy atom. The highest BCUT2D eigenvalue weighted by atomic mass is 19.1. The summed E-state index contributed by atoms with van der Waals surface area (Å²) in [6.07, 6.45) is 0. The molecule has 1 amide bonds. The molecule has 0 saturated carbocycles. The minimum absolute atomic E-state index is 0.0415. The van der Waals surface area contributed by atoms with Crippen molar-refractivity contribution in [1.29, 1.82) is 0 Å². The number of ether oxygens (including phenoxy) is 1. The molecule has 24 heavy (non-hydrogen) atoms. The van der Waals surface area contributed by atoms with Crippen molar-refractivity contribution in [2.24, 2.45) is 0 Å². The van der Waals surface area contributed by atoms with Gasteiger partial charge in [-0.25, -0.2) is 13.8 Å². The van der Waals surface area contributed by atoms with Gasteiger partial charge in [-0.05, 0) is 18.2 Å². The van der Waals surface area contributed by atoms with Gasteiger partial charge in [0.25, 0.3) is 5.91 Å². The lowest BCUT2D eigenvalue weighted by molar-refractivity contribution is 0.0962. The van der Waals surface area contributed by atoms with Gasteiger partial charge in [0.2, 0.25) is 0 Å². The number of benzene rings is 2. The molecule has 1 aromatic heterocycles. The molecule has 1 aliphatic rings. The van der Waals surface area contributed by atoms with E-state index in [0.717, 1.165) is 0 Å². The van der Waals surface area contributed by atoms with Crippen LogP contribution in [0.3, 0.4) is 0 Å². The number of hydrogen-bond acceptors (Lipinski definition) is 3. The first-order valence-corrected chi connectivity index (χ1v) is 7.34. The molecule has 1 N–H and O–H groups in total. The Bertz CT molecular complexity index is 1000. The van der Waals surface area contributed by atoms with Crippen molar-refractivity contribution in [3.8, 4) is 16.9 Å². The van der Waals surface area contributed by atoms with Crippen molar-refractivity contribution >= 4 is 16.8 Å². The minimum atomic E-state index is -0.637. The molecular weight excluding hydrogens is 314 g/mol. The number of nitrogens with zero attached hydrogens (tertiary/aromatic N) is 1. The van der Waals surface area contributed by atoms with Crippen molar-refractivity contribution in [3.63, 3.8) is 0 Å². The maximum absolute atomic E-state index is 14.8. The number of carbonyl (C=O) groups is 1. The highest BCUT2D eigenvalue weighted by Crippen LogP contribution is 2.38. The number of halogens is 2. The summed E-state index contributed by atoms with van der Waals surface area (Å²) >= 11 is 0. The number of carbonyl (C=O) groups excluding carboxylic acids is 1. The van der Waals surface area contributed by atoms with E-state index in [1.165, 1.54) is 25.3 Å². The Balaban J connectivity index is 2.09. The van der Waals surface area contributed by atoms with E-state index >= 15 is 0 Å². The number of rotatable bonds is 2. The van der Waals surface area contributed by atoms with Crippen molar-refractivity contribution < 1.29 is 18.3 Å². The maximum atomic E-state index is 14.8. The normalized spacial score (nSPS) is 13.0. The molecule has 4 rings (SSSR count). The Hall–Kier alpha value is -3.02. The monoisotopic (exact) mass is 326 g/mol. The van der Waals surface area contributed by atoms with E-state index in [1.807, 2.05) is 0 Å². The molecule has 2 aromatic carbocycles. The molecule has 0 unspecified atom stereocenters. The second kappa shape index (κ2) is 5.26. The zero-order valence-corrected chi connectivity index (χ0v) is 12.7. The van der Waals surface area contributed by atoms with Crippen LogP contribution in [0.15, 0.2) is 36.4 Å². The van der Waals surface area contributed by atoms with Gasteiger partial charge in [-0.2, -0.15) is 0 Å². The van der Waals surface area contributed by atoms with Crippen molar-refractivity contribution in [3.05, 3.63) is 59.3 Å². The van der Waals surface area contributed by atoms with Crippen LogP contribution in [-0.4, -0.2) is 18.0 Å². The Morgan fingerprint density at radius 3 is 2.71 bits per heavy atom. The minimum Gasteiger partial charge on any atom is -0.496 e. The van der Waals surface area contributed by atoms with Crippen LogP contribution in [0.1, 0.15) is 16.1 Å². The van der Waals surface area contributed by atoms with Crippen LogP contribution in [-0.2, 0) is 6.54 Å². The van der Waals surface area contributed by atoms with Gasteiger partial charge in [-0.1, -0.05) is 18.2 Å². The van der Waals surface area contributed by atoms with Crippen LogP contribution < -0.4 is 10.1 Å². The predicted molar refractivity (Wildman–Crippen MR) is 84.8 cm³/mol. The molecule has 0 atom stereocenters. The summed E-state index contributed by atoms with van der Waals surface area (Å²) in [7, 11) is 1.44. The summed E-state index contributed by atoms with van der Waals surface area (Å²) in [4.78, 5) is 16.2. The maximum Gasteiger partial charge on any atom is 0.256 e. The van der Waals surface area contributed by atoms with E-state index in [1.54, 1.807) is 18.2 Å². The summed E-state index contributed by atoms with van der Waals surface area (Å²) in [5.74, 6) is -1.27. The molecule has 6 heteroatoms. The molecule has 2 heterocycles. The van der Waals surface area contributed by atoms with Crippen molar-refractivity contribution in [2.75, 3.05) is 7.11 Å². The lowest BCUT2D eigenvalue weighted by atomic mass is 9.99. The van der Waals surface area contributed by atoms with E-state index in [9.17, 15) is 13.6 Å². The third-order valence-corrected chi connectivity index (χ3v) is 4.14. The number of para-hydroxylation sites is 1. The zero-order valence-electron chi connectivity index (χ0n) is 12.7. The Labute approximate surface area is 136 Å². The molecular formula is C18H12F2N2O2. The summed E-state index contributed by atoms with van der Waals surface area (Å²) < 4.78 is 34.4. The average molecular weight is 326 g/mol. The molecule has 4 nitrogen and oxygen atoms in total. The first-order chi connectivity index (χ1) is 11.6. The van der Waals surface area contributed by atoms with E-state index in [-0.39, 0.29) is 23.1 Å². The van der Waals surface area contributed by atoms with Gasteiger partial charge >= 0.3 is 0 Å². The average Bonchev–Trinajstić information content (AvgIpc) is 2.96. The number of pyridine rings is 1. The van der Waals surface area contributed by atoms with Gasteiger partial charge in [0.05, 0.1) is 36.0 Å². The van der Waals surface area contributed by atoms with Crippen LogP contribution >= 0.6 is 0 Å². The third-order valence-electron chi connectivity index (χ3n) is 4.14. The summed E-state index contributed by atoms with van der Waals surface area (Å²) in [6.45, 7) is 0.157. The number of amides is 1. The van der Waals surface area contributed by atoms with Crippen LogP contribution in [0.5, 0.6) is 5.75 Å². The van der Waals surface area contributed by atoms with Crippen LogP contribution in [0, 0.1) is 11.6 Å². The molecule has 1 aliphatic heterocycles. The van der Waals surface area contributed by atoms with E-state index < -0.39 is 17.5 Å². The molecule has 0 radical (unpaired) electrons. The Morgan fingerprint density at radius 2 is 1.92 bits per heavy atom. The van der Waals surface area contributed by atoms with Gasteiger partial charge < -0.3 is 10.1 Å². The summed E-state index contributed by atoms with van der Waals surface area (Å²) in [5, 5.41) is 2.73. The number of nitrogens with one attached hydrogen (secondary N) is 1. The lowest BCUT2D eigenvalue weighted by Gasteiger charge is -2.13. The quantitative estimate of drug-likeness (QED) is 0.785. The standard InChI is InChI=1S/C18H12F2N2O2/c1-24-13-7-3-6-11(19)14(13)9-4-2-5-10-16(20)15-12(22-17(9)10)8-21-18(15)23/h2-7H,8H2,1H3,(H,21,23). The zero-order chi connectivity index (χ0) is 16.8. The number of fused-ring (bicyclic) bond motifs is 2. The molecule has 0 fully saturated rings. The third kappa shape index (κ3) is 1.96. The topological polar surface area (TPSA) is 51.2 Å². The fourth-order valence-electron chi connectivity index (χ4n) is 3.04. The summed E-state index contributed by atoms with van der Waals surface area (Å²) in [5.41, 5.74) is 1.22. The first kappa shape index (κ1) is 14.6. The number of methoxy groups -OCH3 is 1. The first-order valence-electron chi connectivity index (χ1n) is 7.34. The van der Waals surface area contributed by atoms with Crippen LogP contribution in [0.2, 0.25) is 0 Å². The van der Waals surface area contributed by atoms with Crippen molar-refractivity contribution in [1.82, 2.24) is 10.3 Å². The predicted octanol–water partition coefficient (Wildman–Crippen LogP) is 3.43. The fourth-order valence-corrected chi connectivity index (χ4v) is 3.04. The molecule has 0 spiro atoms. The molecule has 0 bridgehead atoms.